The van der Waals surface area contributed by atoms with Crippen LogP contribution in [0.15, 0.2) is 4.79 Å². The molecule has 7 nitrogen and oxygen atoms in total. The zero-order valence-electron chi connectivity index (χ0n) is 8.01. The molecule has 1 N–H and O–H groups in total. The van der Waals surface area contributed by atoms with Crippen LogP contribution in [0, 0.1) is 0 Å². The van der Waals surface area contributed by atoms with Gasteiger partial charge >= 0.3 is 0 Å². The molecule has 1 aliphatic rings. The third kappa shape index (κ3) is 0.997. The van der Waals surface area contributed by atoms with Gasteiger partial charge in [-0.2, -0.15) is 4.98 Å². The Balaban J connectivity index is 2.88. The SMILES string of the molecule is CN1C(=O)c2nc(O)n(C)c(=O)c2C1=O. The van der Waals surface area contributed by atoms with Crippen LogP contribution in [0.2, 0.25) is 0 Å². The summed E-state index contributed by atoms with van der Waals surface area (Å²) >= 11 is 0. The van der Waals surface area contributed by atoms with E-state index in [9.17, 15) is 19.5 Å². The molecule has 7 heteroatoms. The zero-order valence-corrected chi connectivity index (χ0v) is 8.01. The van der Waals surface area contributed by atoms with Crippen LogP contribution >= 0.6 is 0 Å². The molecule has 0 radical (unpaired) electrons. The molecule has 2 heterocycles. The monoisotopic (exact) mass is 209 g/mol. The minimum atomic E-state index is -0.722. The first-order chi connectivity index (χ1) is 6.95. The summed E-state index contributed by atoms with van der Waals surface area (Å²) in [6.45, 7) is 0. The van der Waals surface area contributed by atoms with Gasteiger partial charge in [-0.05, 0) is 0 Å². The van der Waals surface area contributed by atoms with Crippen molar-refractivity contribution >= 4 is 11.8 Å². The molecule has 0 saturated carbocycles. The first-order valence-corrected chi connectivity index (χ1v) is 4.07. The van der Waals surface area contributed by atoms with Crippen LogP contribution in [0.3, 0.4) is 0 Å². The van der Waals surface area contributed by atoms with Crippen LogP contribution in [0.5, 0.6) is 6.01 Å². The molecule has 15 heavy (non-hydrogen) atoms. The van der Waals surface area contributed by atoms with Gasteiger partial charge in [0, 0.05) is 14.1 Å². The maximum absolute atomic E-state index is 11.5. The molecule has 1 aliphatic heterocycles. The summed E-state index contributed by atoms with van der Waals surface area (Å²) in [5.74, 6) is -1.37. The van der Waals surface area contributed by atoms with E-state index >= 15 is 0 Å². The standard InChI is InChI=1S/C8H7N3O4/c1-10-5(12)3-4(7(10)14)9-8(15)11(2)6(3)13/h1-2H3,(H,9,15). The lowest BCUT2D eigenvalue weighted by Gasteiger charge is -2.01. The Labute approximate surface area is 83.6 Å². The molecule has 0 bridgehead atoms. The van der Waals surface area contributed by atoms with Crippen molar-refractivity contribution < 1.29 is 14.7 Å². The predicted molar refractivity (Wildman–Crippen MR) is 47.6 cm³/mol. The number of hydrogen-bond acceptors (Lipinski definition) is 5. The van der Waals surface area contributed by atoms with Gasteiger partial charge < -0.3 is 5.11 Å². The fourth-order valence-corrected chi connectivity index (χ4v) is 1.36. The van der Waals surface area contributed by atoms with Crippen molar-refractivity contribution in [2.75, 3.05) is 7.05 Å². The van der Waals surface area contributed by atoms with Gasteiger partial charge in [-0.3, -0.25) is 23.9 Å². The van der Waals surface area contributed by atoms with Crippen molar-refractivity contribution in [2.45, 2.75) is 0 Å². The lowest BCUT2D eigenvalue weighted by Crippen LogP contribution is -2.28. The molecule has 78 valence electrons. The minimum absolute atomic E-state index is 0.289. The number of aromatic hydroxyl groups is 1. The molecule has 1 aromatic heterocycles. The highest BCUT2D eigenvalue weighted by Crippen LogP contribution is 2.17. The third-order valence-corrected chi connectivity index (χ3v) is 2.29. The fourth-order valence-electron chi connectivity index (χ4n) is 1.36. The van der Waals surface area contributed by atoms with E-state index in [0.717, 1.165) is 9.47 Å². The quantitative estimate of drug-likeness (QED) is 0.537. The Morgan fingerprint density at radius 2 is 1.73 bits per heavy atom. The van der Waals surface area contributed by atoms with Crippen molar-refractivity contribution in [2.24, 2.45) is 7.05 Å². The van der Waals surface area contributed by atoms with Gasteiger partial charge in [-0.25, -0.2) is 0 Å². The largest absolute Gasteiger partial charge is 0.480 e. The Morgan fingerprint density at radius 3 is 2.33 bits per heavy atom. The summed E-state index contributed by atoms with van der Waals surface area (Å²) in [6.07, 6.45) is 0. The van der Waals surface area contributed by atoms with E-state index in [1.54, 1.807) is 0 Å². The van der Waals surface area contributed by atoms with Gasteiger partial charge in [0.25, 0.3) is 23.4 Å². The highest BCUT2D eigenvalue weighted by Gasteiger charge is 2.38. The van der Waals surface area contributed by atoms with Gasteiger partial charge in [0.15, 0.2) is 5.69 Å². The van der Waals surface area contributed by atoms with Gasteiger partial charge in [0.1, 0.15) is 5.56 Å². The molecular formula is C8H7N3O4. The van der Waals surface area contributed by atoms with E-state index in [-0.39, 0.29) is 11.3 Å². The lowest BCUT2D eigenvalue weighted by molar-refractivity contribution is 0.0690. The molecular weight excluding hydrogens is 202 g/mol. The van der Waals surface area contributed by atoms with Crippen molar-refractivity contribution in [1.82, 2.24) is 14.5 Å². The van der Waals surface area contributed by atoms with Crippen LogP contribution in [0.1, 0.15) is 20.8 Å². The summed E-state index contributed by atoms with van der Waals surface area (Å²) < 4.78 is 0.809. The smallest absolute Gasteiger partial charge is 0.297 e. The third-order valence-electron chi connectivity index (χ3n) is 2.29. The Hall–Kier alpha value is -2.18. The number of aromatic nitrogens is 2. The predicted octanol–water partition coefficient (Wildman–Crippen LogP) is -1.29. The number of imide groups is 1. The van der Waals surface area contributed by atoms with Gasteiger partial charge in [0.05, 0.1) is 0 Å². The highest BCUT2D eigenvalue weighted by molar-refractivity contribution is 6.19. The molecule has 2 amide bonds. The summed E-state index contributed by atoms with van der Waals surface area (Å²) in [4.78, 5) is 38.7. The van der Waals surface area contributed by atoms with E-state index in [0.29, 0.717) is 0 Å². The van der Waals surface area contributed by atoms with E-state index < -0.39 is 23.4 Å². The molecule has 0 atom stereocenters. The number of nitrogens with zero attached hydrogens (tertiary/aromatic N) is 3. The average Bonchev–Trinajstić information content (AvgIpc) is 2.40. The number of amides is 2. The molecule has 0 fully saturated rings. The van der Waals surface area contributed by atoms with Crippen LogP contribution < -0.4 is 5.56 Å². The molecule has 0 saturated heterocycles. The second-order valence-electron chi connectivity index (χ2n) is 3.17. The van der Waals surface area contributed by atoms with Gasteiger partial charge in [-0.15, -0.1) is 0 Å². The molecule has 0 aromatic carbocycles. The number of carbonyl (C=O) groups excluding carboxylic acids is 2. The van der Waals surface area contributed by atoms with Crippen molar-refractivity contribution in [3.05, 3.63) is 21.6 Å². The molecule has 0 unspecified atom stereocenters. The van der Waals surface area contributed by atoms with Gasteiger partial charge in [-0.1, -0.05) is 0 Å². The Bertz CT molecular complexity index is 546. The first kappa shape index (κ1) is 9.38. The average molecular weight is 209 g/mol. The minimum Gasteiger partial charge on any atom is -0.480 e. The zero-order chi connectivity index (χ0) is 11.3. The lowest BCUT2D eigenvalue weighted by atomic mass is 10.2. The van der Waals surface area contributed by atoms with E-state index in [1.165, 1.54) is 14.1 Å². The first-order valence-electron chi connectivity index (χ1n) is 4.07. The molecule has 2 rings (SSSR count). The second-order valence-corrected chi connectivity index (χ2v) is 3.17. The van der Waals surface area contributed by atoms with E-state index in [2.05, 4.69) is 4.98 Å². The molecule has 0 aliphatic carbocycles. The van der Waals surface area contributed by atoms with Crippen molar-refractivity contribution in [3.8, 4) is 6.01 Å². The Morgan fingerprint density at radius 1 is 1.13 bits per heavy atom. The van der Waals surface area contributed by atoms with Crippen LogP contribution in [0.4, 0.5) is 0 Å². The maximum atomic E-state index is 11.5. The second kappa shape index (κ2) is 2.66. The van der Waals surface area contributed by atoms with Crippen molar-refractivity contribution in [3.63, 3.8) is 0 Å². The number of carbonyl (C=O) groups is 2. The topological polar surface area (TPSA) is 92.5 Å². The summed E-state index contributed by atoms with van der Waals surface area (Å²) in [5, 5.41) is 9.22. The summed E-state index contributed by atoms with van der Waals surface area (Å²) in [6, 6.07) is -0.588. The fraction of sp³-hybridized carbons (Fsp3) is 0.250. The van der Waals surface area contributed by atoms with Crippen molar-refractivity contribution in [1.29, 1.82) is 0 Å². The summed E-state index contributed by atoms with van der Waals surface area (Å²) in [7, 11) is 2.52. The van der Waals surface area contributed by atoms with Gasteiger partial charge in [0.2, 0.25) is 0 Å². The van der Waals surface area contributed by atoms with E-state index in [1.807, 2.05) is 0 Å². The van der Waals surface area contributed by atoms with Crippen LogP contribution in [0.25, 0.3) is 0 Å². The molecule has 0 spiro atoms. The number of fused-ring (bicyclic) bond motifs is 1. The maximum Gasteiger partial charge on any atom is 0.297 e. The van der Waals surface area contributed by atoms with Crippen LogP contribution in [-0.4, -0.2) is 38.4 Å². The normalized spacial score (nSPS) is 14.7. The molecule has 1 aromatic rings. The highest BCUT2D eigenvalue weighted by atomic mass is 16.3. The number of rotatable bonds is 0. The Kier molecular flexibility index (Phi) is 1.66. The van der Waals surface area contributed by atoms with E-state index in [4.69, 9.17) is 0 Å². The van der Waals surface area contributed by atoms with Crippen LogP contribution in [-0.2, 0) is 7.05 Å². The summed E-state index contributed by atoms with van der Waals surface area (Å²) in [5.41, 5.74) is -1.30. The number of hydrogen-bond donors (Lipinski definition) is 1.